The van der Waals surface area contributed by atoms with Crippen LogP contribution in [0.5, 0.6) is 0 Å². The second-order valence-electron chi connectivity index (χ2n) is 4.97. The zero-order valence-corrected chi connectivity index (χ0v) is 12.4. The van der Waals surface area contributed by atoms with Crippen LogP contribution in [0.25, 0.3) is 0 Å². The van der Waals surface area contributed by atoms with Gasteiger partial charge in [0.25, 0.3) is 5.91 Å². The number of amides is 1. The molecule has 1 amide bonds. The fourth-order valence-electron chi connectivity index (χ4n) is 2.41. The van der Waals surface area contributed by atoms with Gasteiger partial charge in [0.1, 0.15) is 0 Å². The molecule has 1 aromatic carbocycles. The fraction of sp³-hybridized carbons (Fsp3) is 0.429. The van der Waals surface area contributed by atoms with Crippen LogP contribution in [0.3, 0.4) is 0 Å². The lowest BCUT2D eigenvalue weighted by Crippen LogP contribution is -2.32. The van der Waals surface area contributed by atoms with Crippen molar-refractivity contribution in [3.05, 3.63) is 33.8 Å². The van der Waals surface area contributed by atoms with Crippen LogP contribution >= 0.6 is 15.9 Å². The monoisotopic (exact) mass is 341 g/mol. The molecule has 0 spiro atoms. The number of halogens is 1. The first-order valence-electron chi connectivity index (χ1n) is 6.48. The van der Waals surface area contributed by atoms with Gasteiger partial charge in [-0.3, -0.25) is 4.79 Å². The number of aromatic carboxylic acids is 1. The van der Waals surface area contributed by atoms with Crippen molar-refractivity contribution in [2.75, 3.05) is 6.54 Å². The van der Waals surface area contributed by atoms with E-state index >= 15 is 0 Å². The topological polar surface area (TPSA) is 86.6 Å². The lowest BCUT2D eigenvalue weighted by atomic mass is 10.1. The number of hydrogen-bond acceptors (Lipinski definition) is 3. The Morgan fingerprint density at radius 3 is 2.65 bits per heavy atom. The standard InChI is InChI=1S/C14H16BrNO4/c15-11-6-8(4-5-10(11)14(19)20)13(18)16-7-9-2-1-3-12(9)17/h4-6,9,12,17H,1-3,7H2,(H,16,18)(H,19,20)/t9-,12-/m0/s1. The Labute approximate surface area is 125 Å². The van der Waals surface area contributed by atoms with E-state index in [1.165, 1.54) is 18.2 Å². The van der Waals surface area contributed by atoms with E-state index in [1.54, 1.807) is 0 Å². The molecule has 0 bridgehead atoms. The molecule has 0 unspecified atom stereocenters. The van der Waals surface area contributed by atoms with Crippen LogP contribution in [0.1, 0.15) is 40.0 Å². The lowest BCUT2D eigenvalue weighted by molar-refractivity contribution is 0.0695. The van der Waals surface area contributed by atoms with Crippen LogP contribution in [0, 0.1) is 5.92 Å². The number of carbonyl (C=O) groups is 2. The molecule has 0 aromatic heterocycles. The van der Waals surface area contributed by atoms with Gasteiger partial charge < -0.3 is 15.5 Å². The summed E-state index contributed by atoms with van der Waals surface area (Å²) in [5.41, 5.74) is 0.516. The smallest absolute Gasteiger partial charge is 0.336 e. The summed E-state index contributed by atoms with van der Waals surface area (Å²) in [5.74, 6) is -1.19. The third kappa shape index (κ3) is 3.37. The normalized spacial score (nSPS) is 21.7. The Balaban J connectivity index is 1.99. The van der Waals surface area contributed by atoms with Crippen LogP contribution < -0.4 is 5.32 Å². The number of rotatable bonds is 4. The Morgan fingerprint density at radius 2 is 2.10 bits per heavy atom. The molecule has 2 rings (SSSR count). The number of carboxylic acid groups (broad SMARTS) is 1. The molecule has 3 N–H and O–H groups in total. The van der Waals surface area contributed by atoms with Gasteiger partial charge in [-0.2, -0.15) is 0 Å². The minimum absolute atomic E-state index is 0.112. The number of aliphatic hydroxyl groups is 1. The molecule has 1 aliphatic carbocycles. The molecule has 0 heterocycles. The quantitative estimate of drug-likeness (QED) is 0.782. The maximum Gasteiger partial charge on any atom is 0.336 e. The predicted octanol–water partition coefficient (Wildman–Crippen LogP) is 2.04. The molecule has 6 heteroatoms. The van der Waals surface area contributed by atoms with Gasteiger partial charge in [-0.15, -0.1) is 0 Å². The molecule has 20 heavy (non-hydrogen) atoms. The van der Waals surface area contributed by atoms with Crippen molar-refractivity contribution in [1.29, 1.82) is 0 Å². The Morgan fingerprint density at radius 1 is 1.35 bits per heavy atom. The van der Waals surface area contributed by atoms with Crippen molar-refractivity contribution in [3.8, 4) is 0 Å². The lowest BCUT2D eigenvalue weighted by Gasteiger charge is -2.15. The van der Waals surface area contributed by atoms with E-state index in [4.69, 9.17) is 5.11 Å². The molecule has 2 atom stereocenters. The third-order valence-electron chi connectivity index (χ3n) is 3.61. The zero-order valence-electron chi connectivity index (χ0n) is 10.8. The predicted molar refractivity (Wildman–Crippen MR) is 76.8 cm³/mol. The van der Waals surface area contributed by atoms with E-state index in [0.717, 1.165) is 19.3 Å². The van der Waals surface area contributed by atoms with Crippen LogP contribution in [0.15, 0.2) is 22.7 Å². The van der Waals surface area contributed by atoms with Gasteiger partial charge in [0, 0.05) is 22.5 Å². The van der Waals surface area contributed by atoms with E-state index < -0.39 is 5.97 Å². The molecule has 108 valence electrons. The summed E-state index contributed by atoms with van der Waals surface area (Å²) in [6.07, 6.45) is 2.36. The van der Waals surface area contributed by atoms with Gasteiger partial charge in [-0.05, 0) is 47.0 Å². The van der Waals surface area contributed by atoms with Crippen molar-refractivity contribution >= 4 is 27.8 Å². The first kappa shape index (κ1) is 15.0. The zero-order chi connectivity index (χ0) is 14.7. The Kier molecular flexibility index (Phi) is 4.77. The Hall–Kier alpha value is -1.40. The van der Waals surface area contributed by atoms with E-state index in [0.29, 0.717) is 16.6 Å². The summed E-state index contributed by atoms with van der Waals surface area (Å²) in [7, 11) is 0. The average molecular weight is 342 g/mol. The maximum absolute atomic E-state index is 12.0. The number of aliphatic hydroxyl groups excluding tert-OH is 1. The summed E-state index contributed by atoms with van der Waals surface area (Å²) < 4.78 is 0.374. The largest absolute Gasteiger partial charge is 0.478 e. The molecule has 0 aliphatic heterocycles. The van der Waals surface area contributed by atoms with Gasteiger partial charge >= 0.3 is 5.97 Å². The molecule has 1 aromatic rings. The first-order valence-corrected chi connectivity index (χ1v) is 7.27. The van der Waals surface area contributed by atoms with Gasteiger partial charge in [0.15, 0.2) is 0 Å². The molecule has 0 saturated heterocycles. The van der Waals surface area contributed by atoms with Crippen LogP contribution in [0.4, 0.5) is 0 Å². The highest BCUT2D eigenvalue weighted by atomic mass is 79.9. The molecule has 1 fully saturated rings. The highest BCUT2D eigenvalue weighted by Gasteiger charge is 2.25. The van der Waals surface area contributed by atoms with Gasteiger partial charge in [0.05, 0.1) is 11.7 Å². The number of nitrogens with one attached hydrogen (secondary N) is 1. The summed E-state index contributed by atoms with van der Waals surface area (Å²) in [5, 5.41) is 21.4. The second-order valence-corrected chi connectivity index (χ2v) is 5.82. The van der Waals surface area contributed by atoms with Crippen molar-refractivity contribution < 1.29 is 19.8 Å². The number of hydrogen-bond donors (Lipinski definition) is 3. The van der Waals surface area contributed by atoms with E-state index in [1.807, 2.05) is 0 Å². The highest BCUT2D eigenvalue weighted by Crippen LogP contribution is 2.25. The SMILES string of the molecule is O=C(NC[C@@H]1CCC[C@@H]1O)c1ccc(C(=O)O)c(Br)c1. The van der Waals surface area contributed by atoms with Crippen molar-refractivity contribution in [1.82, 2.24) is 5.32 Å². The molecule has 0 radical (unpaired) electrons. The van der Waals surface area contributed by atoms with Gasteiger partial charge in [-0.25, -0.2) is 4.79 Å². The average Bonchev–Trinajstić information content (AvgIpc) is 2.81. The van der Waals surface area contributed by atoms with Crippen molar-refractivity contribution in [3.63, 3.8) is 0 Å². The van der Waals surface area contributed by atoms with Crippen molar-refractivity contribution in [2.45, 2.75) is 25.4 Å². The van der Waals surface area contributed by atoms with Crippen LogP contribution in [-0.4, -0.2) is 34.7 Å². The summed E-state index contributed by atoms with van der Waals surface area (Å²) in [6, 6.07) is 4.37. The molecule has 1 aliphatic rings. The molecular weight excluding hydrogens is 326 g/mol. The fourth-order valence-corrected chi connectivity index (χ4v) is 2.96. The highest BCUT2D eigenvalue weighted by molar-refractivity contribution is 9.10. The maximum atomic E-state index is 12.0. The first-order chi connectivity index (χ1) is 9.49. The van der Waals surface area contributed by atoms with Gasteiger partial charge in [0.2, 0.25) is 0 Å². The summed E-state index contributed by atoms with van der Waals surface area (Å²) in [4.78, 5) is 22.9. The second kappa shape index (κ2) is 6.37. The minimum atomic E-state index is -1.04. The van der Waals surface area contributed by atoms with Gasteiger partial charge in [-0.1, -0.05) is 6.42 Å². The third-order valence-corrected chi connectivity index (χ3v) is 4.26. The van der Waals surface area contributed by atoms with E-state index in [2.05, 4.69) is 21.2 Å². The van der Waals surface area contributed by atoms with Crippen LogP contribution in [-0.2, 0) is 0 Å². The molecule has 1 saturated carbocycles. The number of carbonyl (C=O) groups excluding carboxylic acids is 1. The number of benzene rings is 1. The number of carboxylic acids is 1. The summed E-state index contributed by atoms with van der Waals surface area (Å²) in [6.45, 7) is 0.443. The Bertz CT molecular complexity index is 532. The van der Waals surface area contributed by atoms with E-state index in [9.17, 15) is 14.7 Å². The summed E-state index contributed by atoms with van der Waals surface area (Å²) >= 11 is 3.14. The molecule has 5 nitrogen and oxygen atoms in total. The van der Waals surface area contributed by atoms with Crippen LogP contribution in [0.2, 0.25) is 0 Å². The molecular formula is C14H16BrNO4. The van der Waals surface area contributed by atoms with E-state index in [-0.39, 0.29) is 23.5 Å². The van der Waals surface area contributed by atoms with Crippen molar-refractivity contribution in [2.24, 2.45) is 5.92 Å². The minimum Gasteiger partial charge on any atom is -0.478 e.